The Morgan fingerprint density at radius 2 is 2.26 bits per heavy atom. The molecule has 0 spiro atoms. The van der Waals surface area contributed by atoms with E-state index in [9.17, 15) is 4.79 Å². The summed E-state index contributed by atoms with van der Waals surface area (Å²) in [5.74, 6) is 0.513. The molecule has 0 aromatic carbocycles. The van der Waals surface area contributed by atoms with Crippen LogP contribution < -0.4 is 4.90 Å². The summed E-state index contributed by atoms with van der Waals surface area (Å²) in [7, 11) is 1.87. The van der Waals surface area contributed by atoms with Gasteiger partial charge in [-0.2, -0.15) is 0 Å². The van der Waals surface area contributed by atoms with E-state index in [2.05, 4.69) is 15.1 Å². The van der Waals surface area contributed by atoms with Crippen molar-refractivity contribution in [1.29, 1.82) is 0 Å². The number of aromatic amines is 1. The molecule has 0 aliphatic rings. The lowest BCUT2D eigenvalue weighted by Crippen LogP contribution is -2.12. The number of H-pyrrole nitrogens is 1. The lowest BCUT2D eigenvalue weighted by Gasteiger charge is -2.15. The van der Waals surface area contributed by atoms with Crippen LogP contribution in [-0.2, 0) is 0 Å². The molecule has 7 nitrogen and oxygen atoms in total. The molecule has 3 aromatic heterocycles. The van der Waals surface area contributed by atoms with Crippen molar-refractivity contribution in [2.45, 2.75) is 0 Å². The first-order valence-electron chi connectivity index (χ1n) is 5.62. The average Bonchev–Trinajstić information content (AvgIpc) is 3.06. The summed E-state index contributed by atoms with van der Waals surface area (Å²) in [5.41, 5.74) is 0.480. The minimum absolute atomic E-state index is 0.0211. The Balaban J connectivity index is 2.04. The molecule has 3 rings (SSSR count). The van der Waals surface area contributed by atoms with Gasteiger partial charge in [0.05, 0.1) is 6.20 Å². The third kappa shape index (κ3) is 1.90. The maximum atomic E-state index is 10.9. The van der Waals surface area contributed by atoms with Crippen LogP contribution in [0, 0.1) is 0 Å². The quantitative estimate of drug-likeness (QED) is 0.743. The normalized spacial score (nSPS) is 10.8. The molecule has 0 aliphatic heterocycles. The van der Waals surface area contributed by atoms with Crippen LogP contribution in [-0.4, -0.2) is 37.7 Å². The van der Waals surface area contributed by atoms with Gasteiger partial charge in [-0.15, -0.1) is 5.10 Å². The summed E-state index contributed by atoms with van der Waals surface area (Å²) in [6.45, 7) is 0. The number of imidazole rings is 1. The van der Waals surface area contributed by atoms with Crippen LogP contribution in [0.4, 0.5) is 11.6 Å². The van der Waals surface area contributed by atoms with Gasteiger partial charge in [0.15, 0.2) is 17.2 Å². The topological polar surface area (TPSA) is 86.5 Å². The summed E-state index contributed by atoms with van der Waals surface area (Å²) in [6.07, 6.45) is 3.22. The van der Waals surface area contributed by atoms with E-state index in [1.807, 2.05) is 30.3 Å². The third-order valence-corrected chi connectivity index (χ3v) is 2.81. The van der Waals surface area contributed by atoms with Crippen molar-refractivity contribution >= 4 is 23.3 Å². The molecule has 0 amide bonds. The Morgan fingerprint density at radius 3 is 2.95 bits per heavy atom. The predicted octanol–water partition coefficient (Wildman–Crippen LogP) is 1.52. The van der Waals surface area contributed by atoms with Gasteiger partial charge in [0.25, 0.3) is 0 Å². The summed E-state index contributed by atoms with van der Waals surface area (Å²) in [5, 5.41) is 13.2. The van der Waals surface area contributed by atoms with Gasteiger partial charge in [0, 0.05) is 13.2 Å². The molecular formula is C12H11N5O2. The molecule has 0 bridgehead atoms. The Morgan fingerprint density at radius 1 is 1.42 bits per heavy atom. The predicted molar refractivity (Wildman–Crippen MR) is 68.8 cm³/mol. The third-order valence-electron chi connectivity index (χ3n) is 2.81. The first-order valence-corrected chi connectivity index (χ1v) is 5.62. The molecule has 0 atom stereocenters. The van der Waals surface area contributed by atoms with Gasteiger partial charge in [0.1, 0.15) is 5.82 Å². The molecule has 96 valence electrons. The summed E-state index contributed by atoms with van der Waals surface area (Å²) in [6, 6.07) is 7.33. The Kier molecular flexibility index (Phi) is 2.45. The first-order chi connectivity index (χ1) is 9.15. The Labute approximate surface area is 108 Å². The van der Waals surface area contributed by atoms with Crippen LogP contribution in [0.5, 0.6) is 0 Å². The first kappa shape index (κ1) is 11.3. The van der Waals surface area contributed by atoms with Gasteiger partial charge in [-0.1, -0.05) is 0 Å². The second kappa shape index (κ2) is 4.13. The van der Waals surface area contributed by atoms with Crippen molar-refractivity contribution in [1.82, 2.24) is 19.6 Å². The lowest BCUT2D eigenvalue weighted by atomic mass is 10.4. The highest BCUT2D eigenvalue weighted by atomic mass is 16.4. The largest absolute Gasteiger partial charge is 0.476 e. The fourth-order valence-electron chi connectivity index (χ4n) is 1.81. The van der Waals surface area contributed by atoms with Crippen molar-refractivity contribution in [2.24, 2.45) is 0 Å². The van der Waals surface area contributed by atoms with E-state index in [-0.39, 0.29) is 5.69 Å². The van der Waals surface area contributed by atoms with E-state index in [0.29, 0.717) is 11.5 Å². The van der Waals surface area contributed by atoms with Gasteiger partial charge in [-0.25, -0.2) is 14.3 Å². The highest BCUT2D eigenvalue weighted by Crippen LogP contribution is 2.19. The van der Waals surface area contributed by atoms with Crippen molar-refractivity contribution in [2.75, 3.05) is 11.9 Å². The molecule has 3 heterocycles. The second-order valence-electron chi connectivity index (χ2n) is 4.04. The Bertz CT molecular complexity index is 732. The average molecular weight is 257 g/mol. The molecule has 0 fully saturated rings. The highest BCUT2D eigenvalue weighted by Gasteiger charge is 2.11. The lowest BCUT2D eigenvalue weighted by molar-refractivity contribution is 0.0691. The minimum Gasteiger partial charge on any atom is -0.476 e. The van der Waals surface area contributed by atoms with E-state index in [0.717, 1.165) is 5.82 Å². The number of hydrogen-bond donors (Lipinski definition) is 2. The van der Waals surface area contributed by atoms with Crippen molar-refractivity contribution in [3.8, 4) is 0 Å². The molecule has 0 radical (unpaired) electrons. The minimum atomic E-state index is -1.07. The SMILES string of the molecule is CN(c1ccc2nc(C(=O)O)cn2n1)c1ccc[nH]1. The number of carboxylic acid groups (broad SMARTS) is 1. The number of nitrogens with one attached hydrogen (secondary N) is 1. The number of anilines is 2. The number of aromatic nitrogens is 4. The van der Waals surface area contributed by atoms with Gasteiger partial charge in [-0.3, -0.25) is 0 Å². The summed E-state index contributed by atoms with van der Waals surface area (Å²) < 4.78 is 1.46. The van der Waals surface area contributed by atoms with Gasteiger partial charge in [0.2, 0.25) is 0 Å². The fourth-order valence-corrected chi connectivity index (χ4v) is 1.81. The van der Waals surface area contributed by atoms with Crippen LogP contribution >= 0.6 is 0 Å². The molecule has 0 saturated heterocycles. The maximum Gasteiger partial charge on any atom is 0.356 e. The van der Waals surface area contributed by atoms with Gasteiger partial charge >= 0.3 is 5.97 Å². The van der Waals surface area contributed by atoms with Crippen LogP contribution in [0.1, 0.15) is 10.5 Å². The van der Waals surface area contributed by atoms with Gasteiger partial charge in [-0.05, 0) is 24.3 Å². The molecule has 0 aliphatic carbocycles. The van der Waals surface area contributed by atoms with E-state index in [1.54, 1.807) is 12.1 Å². The number of carbonyl (C=O) groups is 1. The zero-order chi connectivity index (χ0) is 13.4. The van der Waals surface area contributed by atoms with Crippen molar-refractivity contribution < 1.29 is 9.90 Å². The summed E-state index contributed by atoms with van der Waals surface area (Å²) in [4.78, 5) is 19.7. The molecular weight excluding hydrogens is 246 g/mol. The standard InChI is InChI=1S/C12H11N5O2/c1-16(9-3-2-6-13-9)11-5-4-10-14-8(12(18)19)7-17(10)15-11/h2-7,13H,1H3,(H,18,19). The summed E-state index contributed by atoms with van der Waals surface area (Å²) >= 11 is 0. The zero-order valence-corrected chi connectivity index (χ0v) is 10.1. The number of carboxylic acids is 1. The van der Waals surface area contributed by atoms with Crippen molar-refractivity contribution in [3.05, 3.63) is 42.4 Å². The second-order valence-corrected chi connectivity index (χ2v) is 4.04. The number of fused-ring (bicyclic) bond motifs is 1. The zero-order valence-electron chi connectivity index (χ0n) is 10.1. The fraction of sp³-hybridized carbons (Fsp3) is 0.0833. The van der Waals surface area contributed by atoms with Crippen LogP contribution in [0.3, 0.4) is 0 Å². The molecule has 19 heavy (non-hydrogen) atoms. The molecule has 0 saturated carbocycles. The van der Waals surface area contributed by atoms with E-state index in [4.69, 9.17) is 5.11 Å². The van der Waals surface area contributed by atoms with E-state index < -0.39 is 5.97 Å². The van der Waals surface area contributed by atoms with Crippen molar-refractivity contribution in [3.63, 3.8) is 0 Å². The monoisotopic (exact) mass is 257 g/mol. The van der Waals surface area contributed by atoms with Crippen LogP contribution in [0.25, 0.3) is 5.65 Å². The van der Waals surface area contributed by atoms with Gasteiger partial charge < -0.3 is 15.0 Å². The van der Waals surface area contributed by atoms with E-state index in [1.165, 1.54) is 10.7 Å². The number of aromatic carboxylic acids is 1. The number of rotatable bonds is 3. The molecule has 3 aromatic rings. The molecule has 2 N–H and O–H groups in total. The molecule has 0 unspecified atom stereocenters. The smallest absolute Gasteiger partial charge is 0.356 e. The molecule has 7 heteroatoms. The number of hydrogen-bond acceptors (Lipinski definition) is 4. The van der Waals surface area contributed by atoms with Crippen LogP contribution in [0.15, 0.2) is 36.7 Å². The highest BCUT2D eigenvalue weighted by molar-refractivity contribution is 5.86. The van der Waals surface area contributed by atoms with E-state index >= 15 is 0 Å². The maximum absolute atomic E-state index is 10.9. The Hall–Kier alpha value is -2.83. The van der Waals surface area contributed by atoms with Crippen LogP contribution in [0.2, 0.25) is 0 Å². The number of nitrogens with zero attached hydrogens (tertiary/aromatic N) is 4.